The zero-order chi connectivity index (χ0) is 16.8. The van der Waals surface area contributed by atoms with E-state index in [2.05, 4.69) is 34.5 Å². The van der Waals surface area contributed by atoms with Crippen LogP contribution in [-0.4, -0.2) is 49.2 Å². The van der Waals surface area contributed by atoms with Crippen molar-refractivity contribution in [2.45, 2.75) is 44.6 Å². The molecule has 2 atom stereocenters. The van der Waals surface area contributed by atoms with E-state index in [1.165, 1.54) is 18.4 Å². The van der Waals surface area contributed by atoms with E-state index < -0.39 is 5.54 Å². The van der Waals surface area contributed by atoms with Crippen LogP contribution in [0.1, 0.15) is 38.2 Å². The molecule has 2 unspecified atom stereocenters. The lowest BCUT2D eigenvalue weighted by atomic mass is 9.87. The topological polar surface area (TPSA) is 41.6 Å². The van der Waals surface area contributed by atoms with Crippen LogP contribution in [0.3, 0.4) is 0 Å². The molecule has 2 aliphatic rings. The Kier molecular flexibility index (Phi) is 5.90. The normalized spacial score (nSPS) is 28.0. The summed E-state index contributed by atoms with van der Waals surface area (Å²) in [5.41, 5.74) is 0.744. The van der Waals surface area contributed by atoms with Crippen LogP contribution in [0.25, 0.3) is 0 Å². The summed E-state index contributed by atoms with van der Waals surface area (Å²) in [4.78, 5) is 15.4. The molecular formula is C20H30N2O2. The van der Waals surface area contributed by atoms with Crippen molar-refractivity contribution in [3.8, 4) is 0 Å². The molecule has 4 nitrogen and oxygen atoms in total. The molecule has 0 aliphatic carbocycles. The van der Waals surface area contributed by atoms with Crippen LogP contribution >= 0.6 is 0 Å². The second kappa shape index (κ2) is 8.13. The zero-order valence-corrected chi connectivity index (χ0v) is 14.8. The van der Waals surface area contributed by atoms with Crippen LogP contribution < -0.4 is 5.32 Å². The molecule has 2 heterocycles. The Balaban J connectivity index is 1.80. The summed E-state index contributed by atoms with van der Waals surface area (Å²) in [6, 6.07) is 10.4. The molecule has 1 aromatic carbocycles. The number of piperidine rings is 1. The Labute approximate surface area is 145 Å². The second-order valence-corrected chi connectivity index (χ2v) is 7.18. The molecule has 132 valence electrons. The van der Waals surface area contributed by atoms with Gasteiger partial charge in [-0.1, -0.05) is 30.3 Å². The molecule has 2 saturated heterocycles. The van der Waals surface area contributed by atoms with E-state index >= 15 is 0 Å². The third-order valence-electron chi connectivity index (χ3n) is 5.50. The fourth-order valence-corrected chi connectivity index (χ4v) is 4.29. The molecule has 2 aliphatic heterocycles. The maximum atomic E-state index is 12.9. The standard InChI is InChI=1S/C20H30N2O2/c1-2-24-19(23)20(14-17-8-4-3-5-9-17)11-7-13-22(20)16-18-10-6-12-21-15-18/h3-5,8-9,18,21H,2,6-7,10-16H2,1H3. The van der Waals surface area contributed by atoms with E-state index in [0.717, 1.165) is 45.4 Å². The van der Waals surface area contributed by atoms with Crippen LogP contribution in [0.4, 0.5) is 0 Å². The van der Waals surface area contributed by atoms with E-state index in [0.29, 0.717) is 12.5 Å². The van der Waals surface area contributed by atoms with Crippen molar-refractivity contribution in [1.82, 2.24) is 10.2 Å². The maximum Gasteiger partial charge on any atom is 0.326 e. The van der Waals surface area contributed by atoms with Crippen LogP contribution in [-0.2, 0) is 16.0 Å². The Hall–Kier alpha value is -1.39. The molecule has 0 spiro atoms. The van der Waals surface area contributed by atoms with Crippen LogP contribution in [0.15, 0.2) is 30.3 Å². The molecule has 2 fully saturated rings. The molecule has 0 radical (unpaired) electrons. The highest BCUT2D eigenvalue weighted by Gasteiger charge is 2.49. The first-order chi connectivity index (χ1) is 11.7. The van der Waals surface area contributed by atoms with Gasteiger partial charge in [0, 0.05) is 13.0 Å². The molecular weight excluding hydrogens is 300 g/mol. The van der Waals surface area contributed by atoms with Gasteiger partial charge >= 0.3 is 5.97 Å². The lowest BCUT2D eigenvalue weighted by Gasteiger charge is -2.39. The van der Waals surface area contributed by atoms with Gasteiger partial charge in [0.25, 0.3) is 0 Å². The quantitative estimate of drug-likeness (QED) is 0.814. The highest BCUT2D eigenvalue weighted by molar-refractivity contribution is 5.81. The van der Waals surface area contributed by atoms with Gasteiger partial charge in [-0.3, -0.25) is 9.69 Å². The van der Waals surface area contributed by atoms with Crippen LogP contribution in [0.2, 0.25) is 0 Å². The molecule has 0 saturated carbocycles. The summed E-state index contributed by atoms with van der Waals surface area (Å²) in [6.07, 6.45) is 5.23. The summed E-state index contributed by atoms with van der Waals surface area (Å²) in [6.45, 7) is 6.55. The van der Waals surface area contributed by atoms with Crippen molar-refractivity contribution in [1.29, 1.82) is 0 Å². The lowest BCUT2D eigenvalue weighted by Crippen LogP contribution is -2.55. The van der Waals surface area contributed by atoms with Crippen molar-refractivity contribution in [2.75, 3.05) is 32.8 Å². The van der Waals surface area contributed by atoms with Gasteiger partial charge < -0.3 is 10.1 Å². The molecule has 0 amide bonds. The van der Waals surface area contributed by atoms with Crippen LogP contribution in [0.5, 0.6) is 0 Å². The molecule has 0 aromatic heterocycles. The Morgan fingerprint density at radius 1 is 1.33 bits per heavy atom. The van der Waals surface area contributed by atoms with Gasteiger partial charge in [0.15, 0.2) is 0 Å². The first kappa shape index (κ1) is 17.4. The average Bonchev–Trinajstić information content (AvgIpc) is 3.00. The van der Waals surface area contributed by atoms with Gasteiger partial charge in [0.05, 0.1) is 6.61 Å². The van der Waals surface area contributed by atoms with Gasteiger partial charge in [-0.05, 0) is 63.7 Å². The monoisotopic (exact) mass is 330 g/mol. The molecule has 1 aromatic rings. The number of esters is 1. The van der Waals surface area contributed by atoms with Crippen molar-refractivity contribution in [3.63, 3.8) is 0 Å². The molecule has 3 rings (SSSR count). The van der Waals surface area contributed by atoms with E-state index in [1.807, 2.05) is 13.0 Å². The summed E-state index contributed by atoms with van der Waals surface area (Å²) in [5, 5.41) is 3.50. The van der Waals surface area contributed by atoms with Gasteiger partial charge in [0.1, 0.15) is 5.54 Å². The summed E-state index contributed by atoms with van der Waals surface area (Å²) in [5.74, 6) is 0.608. The summed E-state index contributed by atoms with van der Waals surface area (Å²) in [7, 11) is 0. The maximum absolute atomic E-state index is 12.9. The summed E-state index contributed by atoms with van der Waals surface area (Å²) >= 11 is 0. The van der Waals surface area contributed by atoms with Crippen molar-refractivity contribution in [3.05, 3.63) is 35.9 Å². The van der Waals surface area contributed by atoms with E-state index in [9.17, 15) is 4.79 Å². The van der Waals surface area contributed by atoms with Gasteiger partial charge in [-0.15, -0.1) is 0 Å². The SMILES string of the molecule is CCOC(=O)C1(Cc2ccccc2)CCCN1CC1CCCNC1. The number of hydrogen-bond donors (Lipinski definition) is 1. The van der Waals surface area contributed by atoms with Gasteiger partial charge in [0.2, 0.25) is 0 Å². The number of nitrogens with one attached hydrogen (secondary N) is 1. The first-order valence-electron chi connectivity index (χ1n) is 9.41. The number of nitrogens with zero attached hydrogens (tertiary/aromatic N) is 1. The molecule has 0 bridgehead atoms. The highest BCUT2D eigenvalue weighted by Crippen LogP contribution is 2.35. The number of ether oxygens (including phenoxy) is 1. The predicted octanol–water partition coefficient (Wildman–Crippen LogP) is 2.63. The first-order valence-corrected chi connectivity index (χ1v) is 9.41. The van der Waals surface area contributed by atoms with Crippen molar-refractivity contribution in [2.24, 2.45) is 5.92 Å². The lowest BCUT2D eigenvalue weighted by molar-refractivity contribution is -0.156. The zero-order valence-electron chi connectivity index (χ0n) is 14.8. The minimum Gasteiger partial charge on any atom is -0.465 e. The Morgan fingerprint density at radius 2 is 2.17 bits per heavy atom. The van der Waals surface area contributed by atoms with Gasteiger partial charge in [-0.25, -0.2) is 0 Å². The molecule has 24 heavy (non-hydrogen) atoms. The second-order valence-electron chi connectivity index (χ2n) is 7.18. The molecule has 1 N–H and O–H groups in total. The third kappa shape index (κ3) is 3.81. The average molecular weight is 330 g/mol. The number of carbonyl (C=O) groups is 1. The fourth-order valence-electron chi connectivity index (χ4n) is 4.29. The largest absolute Gasteiger partial charge is 0.465 e. The van der Waals surface area contributed by atoms with E-state index in [1.54, 1.807) is 0 Å². The van der Waals surface area contributed by atoms with Crippen molar-refractivity contribution < 1.29 is 9.53 Å². The number of likely N-dealkylation sites (tertiary alicyclic amines) is 1. The molecule has 4 heteroatoms. The summed E-state index contributed by atoms with van der Waals surface area (Å²) < 4.78 is 5.52. The predicted molar refractivity (Wildman–Crippen MR) is 95.9 cm³/mol. The highest BCUT2D eigenvalue weighted by atomic mass is 16.5. The minimum absolute atomic E-state index is 0.0323. The minimum atomic E-state index is -0.477. The van der Waals surface area contributed by atoms with E-state index in [4.69, 9.17) is 4.74 Å². The number of carbonyl (C=O) groups excluding carboxylic acids is 1. The Morgan fingerprint density at radius 3 is 2.88 bits per heavy atom. The third-order valence-corrected chi connectivity index (χ3v) is 5.50. The Bertz CT molecular complexity index is 528. The number of benzene rings is 1. The van der Waals surface area contributed by atoms with Gasteiger partial charge in [-0.2, -0.15) is 0 Å². The van der Waals surface area contributed by atoms with Crippen molar-refractivity contribution >= 4 is 5.97 Å². The number of rotatable bonds is 6. The fraction of sp³-hybridized carbons (Fsp3) is 0.650. The number of hydrogen-bond acceptors (Lipinski definition) is 4. The van der Waals surface area contributed by atoms with Crippen LogP contribution in [0, 0.1) is 5.92 Å². The van der Waals surface area contributed by atoms with E-state index in [-0.39, 0.29) is 5.97 Å². The smallest absolute Gasteiger partial charge is 0.326 e.